The zero-order chi connectivity index (χ0) is 17.5. The third-order valence-corrected chi connectivity index (χ3v) is 4.51. The summed E-state index contributed by atoms with van der Waals surface area (Å²) in [7, 11) is 3.94. The van der Waals surface area contributed by atoms with Crippen LogP contribution in [0.15, 0.2) is 24.3 Å². The average Bonchev–Trinajstić information content (AvgIpc) is 2.60. The molecule has 1 aromatic carbocycles. The Labute approximate surface area is 144 Å². The predicted octanol–water partition coefficient (Wildman–Crippen LogP) is 2.66. The van der Waals surface area contributed by atoms with Crippen molar-refractivity contribution in [2.45, 2.75) is 44.8 Å². The number of hydrogen-bond donors (Lipinski definition) is 0. The van der Waals surface area contributed by atoms with Gasteiger partial charge in [-0.15, -0.1) is 0 Å². The Morgan fingerprint density at radius 1 is 1.33 bits per heavy atom. The molecule has 5 nitrogen and oxygen atoms in total. The Bertz CT molecular complexity index is 569. The summed E-state index contributed by atoms with van der Waals surface area (Å²) in [6.45, 7) is 3.60. The highest BCUT2D eigenvalue weighted by Gasteiger charge is 2.29. The van der Waals surface area contributed by atoms with Crippen molar-refractivity contribution in [2.75, 3.05) is 27.2 Å². The topological polar surface area (TPSA) is 56.6 Å². The number of rotatable bonds is 6. The molecule has 1 aliphatic heterocycles. The second-order valence-corrected chi connectivity index (χ2v) is 6.55. The molecule has 130 valence electrons. The summed E-state index contributed by atoms with van der Waals surface area (Å²) in [4.78, 5) is 16.7. The van der Waals surface area contributed by atoms with Crippen LogP contribution in [0.4, 0.5) is 0 Å². The molecule has 1 aromatic rings. The van der Waals surface area contributed by atoms with Crippen molar-refractivity contribution in [1.29, 1.82) is 5.26 Å². The molecule has 1 fully saturated rings. The Morgan fingerprint density at radius 3 is 2.46 bits per heavy atom. The molecule has 2 rings (SSSR count). The van der Waals surface area contributed by atoms with Gasteiger partial charge in [-0.05, 0) is 44.8 Å². The van der Waals surface area contributed by atoms with E-state index in [1.54, 1.807) is 12.1 Å². The van der Waals surface area contributed by atoms with E-state index in [4.69, 9.17) is 10.00 Å². The van der Waals surface area contributed by atoms with Gasteiger partial charge in [0.25, 0.3) is 0 Å². The average molecular weight is 329 g/mol. The van der Waals surface area contributed by atoms with Crippen molar-refractivity contribution in [1.82, 2.24) is 9.80 Å². The summed E-state index contributed by atoms with van der Waals surface area (Å²) in [5.41, 5.74) is 0.633. The maximum atomic E-state index is 12.7. The predicted molar refractivity (Wildman–Crippen MR) is 93.8 cm³/mol. The molecule has 1 saturated heterocycles. The molecule has 5 heteroatoms. The van der Waals surface area contributed by atoms with Crippen LogP contribution >= 0.6 is 0 Å². The Morgan fingerprint density at radius 2 is 1.96 bits per heavy atom. The number of hydrogen-bond acceptors (Lipinski definition) is 4. The molecule has 24 heavy (non-hydrogen) atoms. The lowest BCUT2D eigenvalue weighted by molar-refractivity contribution is -0.138. The second-order valence-electron chi connectivity index (χ2n) is 6.55. The number of likely N-dealkylation sites (tertiary alicyclic amines) is 1. The van der Waals surface area contributed by atoms with E-state index in [0.29, 0.717) is 5.56 Å². The van der Waals surface area contributed by atoms with E-state index in [2.05, 4.69) is 13.0 Å². The van der Waals surface area contributed by atoms with E-state index in [1.165, 1.54) is 0 Å². The van der Waals surface area contributed by atoms with Crippen molar-refractivity contribution >= 4 is 5.91 Å². The summed E-state index contributed by atoms with van der Waals surface area (Å²) < 4.78 is 5.98. The molecular formula is C19H27N3O2. The maximum absolute atomic E-state index is 12.7. The van der Waals surface area contributed by atoms with Crippen molar-refractivity contribution in [3.05, 3.63) is 29.8 Å². The number of nitrogens with zero attached hydrogens (tertiary/aromatic N) is 3. The molecule has 0 bridgehead atoms. The standard InChI is InChI=1S/C19H27N3O2/c1-4-5-18(21(2)3)19(23)22-12-10-17(11-13-22)24-16-8-6-15(14-20)7-9-16/h6-9,17-18H,4-5,10-13H2,1-3H3/t18-/m0/s1. The van der Waals surface area contributed by atoms with Gasteiger partial charge in [0.15, 0.2) is 0 Å². The number of likely N-dealkylation sites (N-methyl/N-ethyl adjacent to an activating group) is 1. The Kier molecular flexibility index (Phi) is 6.62. The zero-order valence-corrected chi connectivity index (χ0v) is 14.9. The largest absolute Gasteiger partial charge is 0.490 e. The molecule has 1 heterocycles. The van der Waals surface area contributed by atoms with Crippen molar-refractivity contribution in [3.63, 3.8) is 0 Å². The number of amides is 1. The quantitative estimate of drug-likeness (QED) is 0.805. The first-order valence-corrected chi connectivity index (χ1v) is 8.67. The summed E-state index contributed by atoms with van der Waals surface area (Å²) in [6.07, 6.45) is 3.72. The minimum Gasteiger partial charge on any atom is -0.490 e. The molecule has 0 aliphatic carbocycles. The summed E-state index contributed by atoms with van der Waals surface area (Å²) in [5.74, 6) is 1.02. The lowest BCUT2D eigenvalue weighted by Crippen LogP contribution is -2.50. The van der Waals surface area contributed by atoms with Gasteiger partial charge >= 0.3 is 0 Å². The molecular weight excluding hydrogens is 302 g/mol. The number of nitriles is 1. The molecule has 0 saturated carbocycles. The molecule has 1 amide bonds. The third-order valence-electron chi connectivity index (χ3n) is 4.51. The first-order valence-electron chi connectivity index (χ1n) is 8.67. The number of carbonyl (C=O) groups excluding carboxylic acids is 1. The minimum atomic E-state index is -0.0222. The van der Waals surface area contributed by atoms with E-state index >= 15 is 0 Å². The highest BCUT2D eigenvalue weighted by atomic mass is 16.5. The van der Waals surface area contributed by atoms with Crippen LogP contribution in [0.2, 0.25) is 0 Å². The number of carbonyl (C=O) groups is 1. The van der Waals surface area contributed by atoms with Gasteiger partial charge in [0.2, 0.25) is 5.91 Å². The smallest absolute Gasteiger partial charge is 0.239 e. The molecule has 0 radical (unpaired) electrons. The summed E-state index contributed by atoms with van der Waals surface area (Å²) >= 11 is 0. The van der Waals surface area contributed by atoms with Gasteiger partial charge in [-0.1, -0.05) is 13.3 Å². The van der Waals surface area contributed by atoms with E-state index in [0.717, 1.165) is 44.5 Å². The number of piperidine rings is 1. The van der Waals surface area contributed by atoms with Crippen molar-refractivity contribution in [3.8, 4) is 11.8 Å². The number of benzene rings is 1. The Hall–Kier alpha value is -2.06. The minimum absolute atomic E-state index is 0.0222. The molecule has 1 aliphatic rings. The van der Waals surface area contributed by atoms with Crippen LogP contribution in [0.1, 0.15) is 38.2 Å². The Balaban J connectivity index is 1.86. The zero-order valence-electron chi connectivity index (χ0n) is 14.9. The van der Waals surface area contributed by atoms with Crippen LogP contribution in [0.3, 0.4) is 0 Å². The fraction of sp³-hybridized carbons (Fsp3) is 0.579. The highest BCUT2D eigenvalue weighted by Crippen LogP contribution is 2.21. The van der Waals surface area contributed by atoms with Crippen LogP contribution in [-0.4, -0.2) is 55.0 Å². The van der Waals surface area contributed by atoms with Gasteiger partial charge in [0.05, 0.1) is 17.7 Å². The molecule has 0 spiro atoms. The van der Waals surface area contributed by atoms with Crippen LogP contribution in [0.25, 0.3) is 0 Å². The third kappa shape index (κ3) is 4.72. The molecule has 0 N–H and O–H groups in total. The van der Waals surface area contributed by atoms with Gasteiger partial charge in [-0.2, -0.15) is 5.26 Å². The molecule has 0 aromatic heterocycles. The first-order chi connectivity index (χ1) is 11.5. The van der Waals surface area contributed by atoms with Crippen molar-refractivity contribution < 1.29 is 9.53 Å². The fourth-order valence-corrected chi connectivity index (χ4v) is 3.08. The van der Waals surface area contributed by atoms with Crippen LogP contribution in [0, 0.1) is 11.3 Å². The maximum Gasteiger partial charge on any atom is 0.239 e. The lowest BCUT2D eigenvalue weighted by atomic mass is 10.0. The van der Waals surface area contributed by atoms with Gasteiger partial charge in [-0.25, -0.2) is 0 Å². The SMILES string of the molecule is CCC[C@@H](C(=O)N1CCC(Oc2ccc(C#N)cc2)CC1)N(C)C. The van der Waals surface area contributed by atoms with Gasteiger partial charge < -0.3 is 9.64 Å². The van der Waals surface area contributed by atoms with Crippen molar-refractivity contribution in [2.24, 2.45) is 0 Å². The summed E-state index contributed by atoms with van der Waals surface area (Å²) in [5, 5.41) is 8.82. The van der Waals surface area contributed by atoms with E-state index in [1.807, 2.05) is 36.0 Å². The van der Waals surface area contributed by atoms with Crippen LogP contribution in [0.5, 0.6) is 5.75 Å². The lowest BCUT2D eigenvalue weighted by Gasteiger charge is -2.36. The van der Waals surface area contributed by atoms with E-state index in [9.17, 15) is 4.79 Å². The van der Waals surface area contributed by atoms with E-state index in [-0.39, 0.29) is 18.1 Å². The molecule has 0 unspecified atom stereocenters. The van der Waals surface area contributed by atoms with Crippen LogP contribution < -0.4 is 4.74 Å². The highest BCUT2D eigenvalue weighted by molar-refractivity contribution is 5.81. The normalized spacial score (nSPS) is 16.7. The first kappa shape index (κ1) is 18.3. The fourth-order valence-electron chi connectivity index (χ4n) is 3.08. The van der Waals surface area contributed by atoms with Gasteiger partial charge in [-0.3, -0.25) is 9.69 Å². The second kappa shape index (κ2) is 8.70. The van der Waals surface area contributed by atoms with Gasteiger partial charge in [0, 0.05) is 25.9 Å². The van der Waals surface area contributed by atoms with Gasteiger partial charge in [0.1, 0.15) is 11.9 Å². The van der Waals surface area contributed by atoms with E-state index < -0.39 is 0 Å². The molecule has 1 atom stereocenters. The van der Waals surface area contributed by atoms with Crippen LogP contribution in [-0.2, 0) is 4.79 Å². The summed E-state index contributed by atoms with van der Waals surface area (Å²) in [6, 6.07) is 9.27. The monoisotopic (exact) mass is 329 g/mol. The number of ether oxygens (including phenoxy) is 1.